The summed E-state index contributed by atoms with van der Waals surface area (Å²) < 4.78 is 33.9. The highest BCUT2D eigenvalue weighted by Gasteiger charge is 2.39. The van der Waals surface area contributed by atoms with Gasteiger partial charge in [0.2, 0.25) is 10.0 Å². The van der Waals surface area contributed by atoms with Crippen LogP contribution in [0.5, 0.6) is 0 Å². The molecule has 0 fully saturated rings. The average Bonchev–Trinajstić information content (AvgIpc) is 2.79. The van der Waals surface area contributed by atoms with Gasteiger partial charge in [-0.25, -0.2) is 13.2 Å². The minimum atomic E-state index is -3.85. The summed E-state index contributed by atoms with van der Waals surface area (Å²) >= 11 is 0. The van der Waals surface area contributed by atoms with Crippen molar-refractivity contribution in [3.63, 3.8) is 0 Å². The van der Waals surface area contributed by atoms with E-state index in [1.54, 1.807) is 24.3 Å². The minimum Gasteiger partial charge on any atom is -0.466 e. The molecular formula is C25H23NO4S. The Morgan fingerprint density at radius 1 is 0.968 bits per heavy atom. The van der Waals surface area contributed by atoms with Crippen LogP contribution in [0.4, 0.5) is 0 Å². The second-order valence-electron chi connectivity index (χ2n) is 7.46. The van der Waals surface area contributed by atoms with Crippen LogP contribution in [-0.4, -0.2) is 25.8 Å². The van der Waals surface area contributed by atoms with Gasteiger partial charge in [-0.2, -0.15) is 4.31 Å². The fraction of sp³-hybridized carbons (Fsp3) is 0.160. The lowest BCUT2D eigenvalue weighted by Crippen LogP contribution is -2.38. The fourth-order valence-electron chi connectivity index (χ4n) is 3.89. The minimum absolute atomic E-state index is 0.199. The summed E-state index contributed by atoms with van der Waals surface area (Å²) in [6.45, 7) is 2.11. The van der Waals surface area contributed by atoms with Crippen LogP contribution in [0.2, 0.25) is 0 Å². The first-order valence-corrected chi connectivity index (χ1v) is 11.4. The van der Waals surface area contributed by atoms with Crippen LogP contribution in [0, 0.1) is 6.92 Å². The Kier molecular flexibility index (Phi) is 5.76. The molecule has 6 heteroatoms. The molecule has 0 saturated carbocycles. The molecule has 0 spiro atoms. The normalized spacial score (nSPS) is 17.9. The van der Waals surface area contributed by atoms with E-state index in [2.05, 4.69) is 0 Å². The lowest BCUT2D eigenvalue weighted by Gasteiger charge is -2.38. The standard InChI is InChI=1S/C25H23NO4S/c1-18-12-14-21(15-13-18)31(28,29)26-17-20-10-6-7-11-22(20)23(16-24(27)30-2)25(26)19-8-4-3-5-9-19/h3-16,25H,17H2,1-2H3/b23-16-. The van der Waals surface area contributed by atoms with Gasteiger partial charge in [0.15, 0.2) is 0 Å². The summed E-state index contributed by atoms with van der Waals surface area (Å²) in [5.74, 6) is -0.527. The maximum absolute atomic E-state index is 13.8. The number of hydrogen-bond acceptors (Lipinski definition) is 4. The molecule has 31 heavy (non-hydrogen) atoms. The lowest BCUT2D eigenvalue weighted by atomic mass is 9.86. The predicted octanol–water partition coefficient (Wildman–Crippen LogP) is 4.50. The van der Waals surface area contributed by atoms with Crippen LogP contribution in [0.1, 0.15) is 28.3 Å². The van der Waals surface area contributed by atoms with Crippen molar-refractivity contribution in [3.05, 3.63) is 107 Å². The molecule has 0 aliphatic carbocycles. The van der Waals surface area contributed by atoms with Crippen LogP contribution in [0.3, 0.4) is 0 Å². The van der Waals surface area contributed by atoms with Crippen molar-refractivity contribution in [1.82, 2.24) is 4.31 Å². The molecule has 1 unspecified atom stereocenters. The molecule has 3 aromatic carbocycles. The summed E-state index contributed by atoms with van der Waals surface area (Å²) in [7, 11) is -2.54. The highest BCUT2D eigenvalue weighted by Crippen LogP contribution is 2.44. The number of aryl methyl sites for hydroxylation is 1. The molecule has 158 valence electrons. The zero-order valence-electron chi connectivity index (χ0n) is 17.4. The Morgan fingerprint density at radius 2 is 1.61 bits per heavy atom. The van der Waals surface area contributed by atoms with E-state index in [0.29, 0.717) is 5.57 Å². The number of carbonyl (C=O) groups excluding carboxylic acids is 1. The van der Waals surface area contributed by atoms with Crippen molar-refractivity contribution in [1.29, 1.82) is 0 Å². The van der Waals surface area contributed by atoms with Gasteiger partial charge in [-0.05, 0) is 41.3 Å². The fourth-order valence-corrected chi connectivity index (χ4v) is 5.47. The first kappa shape index (κ1) is 21.0. The maximum atomic E-state index is 13.8. The first-order valence-electron chi connectivity index (χ1n) is 9.93. The molecule has 1 atom stereocenters. The van der Waals surface area contributed by atoms with Crippen molar-refractivity contribution in [2.45, 2.75) is 24.4 Å². The molecule has 1 aliphatic rings. The Morgan fingerprint density at radius 3 is 2.29 bits per heavy atom. The number of nitrogens with zero attached hydrogens (tertiary/aromatic N) is 1. The zero-order valence-corrected chi connectivity index (χ0v) is 18.2. The monoisotopic (exact) mass is 433 g/mol. The van der Waals surface area contributed by atoms with Gasteiger partial charge in [0.1, 0.15) is 0 Å². The van der Waals surface area contributed by atoms with Gasteiger partial charge in [-0.15, -0.1) is 0 Å². The van der Waals surface area contributed by atoms with Crippen LogP contribution in [0.25, 0.3) is 5.57 Å². The topological polar surface area (TPSA) is 63.7 Å². The molecule has 3 aromatic rings. The lowest BCUT2D eigenvalue weighted by molar-refractivity contribution is -0.134. The summed E-state index contributed by atoms with van der Waals surface area (Å²) in [5.41, 5.74) is 4.03. The quantitative estimate of drug-likeness (QED) is 0.449. The van der Waals surface area contributed by atoms with Crippen molar-refractivity contribution in [2.75, 3.05) is 7.11 Å². The third-order valence-electron chi connectivity index (χ3n) is 5.45. The Labute approximate surface area is 182 Å². The number of carbonyl (C=O) groups is 1. The highest BCUT2D eigenvalue weighted by atomic mass is 32.2. The summed E-state index contributed by atoms with van der Waals surface area (Å²) in [6.07, 6.45) is 1.40. The van der Waals surface area contributed by atoms with Gasteiger partial charge in [-0.3, -0.25) is 0 Å². The Bertz CT molecular complexity index is 1230. The predicted molar refractivity (Wildman–Crippen MR) is 120 cm³/mol. The molecular weight excluding hydrogens is 410 g/mol. The number of hydrogen-bond donors (Lipinski definition) is 0. The molecule has 0 bridgehead atoms. The Balaban J connectivity index is 1.96. The summed E-state index contributed by atoms with van der Waals surface area (Å²) in [6, 6.07) is 23.1. The highest BCUT2D eigenvalue weighted by molar-refractivity contribution is 7.89. The number of fused-ring (bicyclic) bond motifs is 1. The molecule has 1 heterocycles. The van der Waals surface area contributed by atoms with E-state index >= 15 is 0 Å². The molecule has 0 amide bonds. The van der Waals surface area contributed by atoms with E-state index in [9.17, 15) is 13.2 Å². The van der Waals surface area contributed by atoms with E-state index in [1.807, 2.05) is 61.5 Å². The molecule has 0 radical (unpaired) electrons. The van der Waals surface area contributed by atoms with Gasteiger partial charge < -0.3 is 4.74 Å². The number of benzene rings is 3. The van der Waals surface area contributed by atoms with Crippen molar-refractivity contribution in [2.24, 2.45) is 0 Å². The molecule has 1 aliphatic heterocycles. The first-order chi connectivity index (χ1) is 14.9. The molecule has 5 nitrogen and oxygen atoms in total. The smallest absolute Gasteiger partial charge is 0.330 e. The summed E-state index contributed by atoms with van der Waals surface area (Å²) in [4.78, 5) is 12.5. The van der Waals surface area contributed by atoms with E-state index in [1.165, 1.54) is 17.5 Å². The van der Waals surface area contributed by atoms with Gasteiger partial charge in [0.05, 0.1) is 18.0 Å². The number of ether oxygens (including phenoxy) is 1. The van der Waals surface area contributed by atoms with Crippen LogP contribution in [-0.2, 0) is 26.1 Å². The third-order valence-corrected chi connectivity index (χ3v) is 7.28. The third kappa shape index (κ3) is 4.04. The van der Waals surface area contributed by atoms with E-state index in [-0.39, 0.29) is 11.4 Å². The Hall–Kier alpha value is -3.22. The number of esters is 1. The molecule has 0 aromatic heterocycles. The van der Waals surface area contributed by atoms with Crippen LogP contribution in [0.15, 0.2) is 89.8 Å². The SMILES string of the molecule is COC(=O)/C=C1/c2ccccc2CN(S(=O)(=O)c2ccc(C)cc2)C1c1ccccc1. The van der Waals surface area contributed by atoms with E-state index in [4.69, 9.17) is 4.74 Å². The largest absolute Gasteiger partial charge is 0.466 e. The number of rotatable bonds is 4. The average molecular weight is 434 g/mol. The van der Waals surface area contributed by atoms with E-state index < -0.39 is 22.0 Å². The summed E-state index contributed by atoms with van der Waals surface area (Å²) in [5, 5.41) is 0. The second kappa shape index (κ2) is 8.49. The van der Waals surface area contributed by atoms with Crippen molar-refractivity contribution < 1.29 is 17.9 Å². The van der Waals surface area contributed by atoms with Gasteiger partial charge >= 0.3 is 5.97 Å². The molecule has 4 rings (SSSR count). The van der Waals surface area contributed by atoms with Gasteiger partial charge in [0.25, 0.3) is 0 Å². The van der Waals surface area contributed by atoms with Crippen molar-refractivity contribution in [3.8, 4) is 0 Å². The molecule has 0 N–H and O–H groups in total. The number of methoxy groups -OCH3 is 1. The van der Waals surface area contributed by atoms with Crippen LogP contribution < -0.4 is 0 Å². The van der Waals surface area contributed by atoms with E-state index in [0.717, 1.165) is 22.3 Å². The maximum Gasteiger partial charge on any atom is 0.330 e. The van der Waals surface area contributed by atoms with Gasteiger partial charge in [0, 0.05) is 12.6 Å². The second-order valence-corrected chi connectivity index (χ2v) is 9.35. The van der Waals surface area contributed by atoms with Crippen molar-refractivity contribution >= 4 is 21.6 Å². The molecule has 0 saturated heterocycles. The zero-order chi connectivity index (χ0) is 22.0. The van der Waals surface area contributed by atoms with Crippen LogP contribution >= 0.6 is 0 Å². The number of sulfonamides is 1. The van der Waals surface area contributed by atoms with Gasteiger partial charge in [-0.1, -0.05) is 72.3 Å².